The van der Waals surface area contributed by atoms with Crippen molar-refractivity contribution in [2.24, 2.45) is 5.73 Å². The summed E-state index contributed by atoms with van der Waals surface area (Å²) >= 11 is 1.72. The van der Waals surface area contributed by atoms with Crippen molar-refractivity contribution in [2.45, 2.75) is 12.2 Å². The van der Waals surface area contributed by atoms with E-state index in [9.17, 15) is 4.79 Å². The first-order valence-electron chi connectivity index (χ1n) is 4.28. The number of hydrogen-bond donors (Lipinski definition) is 2. The number of amides is 1. The van der Waals surface area contributed by atoms with Crippen LogP contribution in [0.1, 0.15) is 6.92 Å². The lowest BCUT2D eigenvalue weighted by Gasteiger charge is -2.09. The van der Waals surface area contributed by atoms with Gasteiger partial charge in [0.05, 0.1) is 6.61 Å². The summed E-state index contributed by atoms with van der Waals surface area (Å²) in [6.07, 6.45) is 2.02. The van der Waals surface area contributed by atoms with Gasteiger partial charge in [0.25, 0.3) is 0 Å². The molecular weight excluding hydrogens is 188 g/mol. The summed E-state index contributed by atoms with van der Waals surface area (Å²) in [6, 6.07) is 0. The predicted octanol–water partition coefficient (Wildman–Crippen LogP) is -0.171. The van der Waals surface area contributed by atoms with Crippen molar-refractivity contribution in [3.63, 3.8) is 0 Å². The fraction of sp³-hybridized carbons (Fsp3) is 0.875. The molecule has 1 unspecified atom stereocenters. The Balaban J connectivity index is 3.30. The van der Waals surface area contributed by atoms with Crippen LogP contribution in [0.25, 0.3) is 0 Å². The molecule has 78 valence electrons. The molecule has 0 aromatic carbocycles. The predicted molar refractivity (Wildman–Crippen MR) is 55.9 cm³/mol. The van der Waals surface area contributed by atoms with Gasteiger partial charge in [-0.15, -0.1) is 0 Å². The van der Waals surface area contributed by atoms with E-state index in [0.29, 0.717) is 24.9 Å². The molecule has 0 aromatic rings. The number of rotatable bonds is 7. The van der Waals surface area contributed by atoms with Crippen molar-refractivity contribution < 1.29 is 9.53 Å². The van der Waals surface area contributed by atoms with E-state index < -0.39 is 0 Å². The first kappa shape index (κ1) is 12.7. The molecule has 1 amide bonds. The third kappa shape index (κ3) is 8.08. The van der Waals surface area contributed by atoms with Crippen LogP contribution in [-0.4, -0.2) is 43.7 Å². The molecule has 0 spiro atoms. The van der Waals surface area contributed by atoms with Gasteiger partial charge in [0.15, 0.2) is 0 Å². The minimum Gasteiger partial charge on any atom is -0.370 e. The van der Waals surface area contributed by atoms with Crippen LogP contribution in [0.4, 0.5) is 0 Å². The summed E-state index contributed by atoms with van der Waals surface area (Å²) < 4.78 is 4.97. The fourth-order valence-electron chi connectivity index (χ4n) is 0.640. The maximum atomic E-state index is 11.1. The smallest absolute Gasteiger partial charge is 0.246 e. The number of nitrogens with one attached hydrogen (secondary N) is 1. The molecule has 3 N–H and O–H groups in total. The zero-order valence-corrected chi connectivity index (χ0v) is 9.02. The van der Waals surface area contributed by atoms with E-state index in [1.54, 1.807) is 11.8 Å². The van der Waals surface area contributed by atoms with Crippen LogP contribution >= 0.6 is 11.8 Å². The van der Waals surface area contributed by atoms with Crippen molar-refractivity contribution in [1.82, 2.24) is 5.32 Å². The molecule has 13 heavy (non-hydrogen) atoms. The highest BCUT2D eigenvalue weighted by molar-refractivity contribution is 7.99. The molecule has 0 rings (SSSR count). The minimum atomic E-state index is -0.0747. The Morgan fingerprint density at radius 1 is 1.69 bits per heavy atom. The number of nitrogens with two attached hydrogens (primary N) is 1. The maximum Gasteiger partial charge on any atom is 0.246 e. The normalized spacial score (nSPS) is 12.5. The van der Waals surface area contributed by atoms with E-state index in [0.717, 1.165) is 0 Å². The number of thioether (sulfide) groups is 1. The van der Waals surface area contributed by atoms with Crippen LogP contribution in [0, 0.1) is 0 Å². The first-order valence-corrected chi connectivity index (χ1v) is 5.56. The number of ether oxygens (including phenoxy) is 1. The molecule has 0 saturated heterocycles. The molecule has 5 heteroatoms. The molecule has 0 aromatic heterocycles. The summed E-state index contributed by atoms with van der Waals surface area (Å²) in [5.74, 6) is -0.0747. The number of carbonyl (C=O) groups excluding carboxylic acids is 1. The van der Waals surface area contributed by atoms with Gasteiger partial charge in [-0.2, -0.15) is 11.8 Å². The Morgan fingerprint density at radius 2 is 2.38 bits per heavy atom. The van der Waals surface area contributed by atoms with Gasteiger partial charge in [-0.05, 0) is 6.26 Å². The summed E-state index contributed by atoms with van der Waals surface area (Å²) in [4.78, 5) is 11.1. The summed E-state index contributed by atoms with van der Waals surface area (Å²) in [7, 11) is 0. The lowest BCUT2D eigenvalue weighted by Crippen LogP contribution is -2.32. The third-order valence-electron chi connectivity index (χ3n) is 1.48. The monoisotopic (exact) mass is 206 g/mol. The molecule has 4 nitrogen and oxygen atoms in total. The van der Waals surface area contributed by atoms with Gasteiger partial charge in [-0.3, -0.25) is 4.79 Å². The van der Waals surface area contributed by atoms with Crippen LogP contribution in [0.5, 0.6) is 0 Å². The molecule has 0 aliphatic rings. The van der Waals surface area contributed by atoms with Gasteiger partial charge in [0.2, 0.25) is 5.91 Å². The van der Waals surface area contributed by atoms with Gasteiger partial charge in [-0.1, -0.05) is 6.92 Å². The van der Waals surface area contributed by atoms with E-state index in [-0.39, 0.29) is 12.5 Å². The van der Waals surface area contributed by atoms with Crippen molar-refractivity contribution >= 4 is 17.7 Å². The van der Waals surface area contributed by atoms with Crippen LogP contribution in [-0.2, 0) is 9.53 Å². The van der Waals surface area contributed by atoms with E-state index in [1.807, 2.05) is 6.26 Å². The SMILES string of the molecule is CSC(C)CNC(=O)COCCN. The average molecular weight is 206 g/mol. The van der Waals surface area contributed by atoms with Crippen LogP contribution in [0.15, 0.2) is 0 Å². The topological polar surface area (TPSA) is 64.3 Å². The molecule has 0 aliphatic carbocycles. The lowest BCUT2D eigenvalue weighted by atomic mass is 10.4. The lowest BCUT2D eigenvalue weighted by molar-refractivity contribution is -0.125. The van der Waals surface area contributed by atoms with Gasteiger partial charge in [-0.25, -0.2) is 0 Å². The van der Waals surface area contributed by atoms with Gasteiger partial charge in [0, 0.05) is 18.3 Å². The Morgan fingerprint density at radius 3 is 2.92 bits per heavy atom. The summed E-state index contributed by atoms with van der Waals surface area (Å²) in [6.45, 7) is 3.75. The molecule has 1 atom stereocenters. The Bertz CT molecular complexity index is 144. The standard InChI is InChI=1S/C8H18N2O2S/c1-7(13-2)5-10-8(11)6-12-4-3-9/h7H,3-6,9H2,1-2H3,(H,10,11). The van der Waals surface area contributed by atoms with Gasteiger partial charge >= 0.3 is 0 Å². The molecule has 0 aliphatic heterocycles. The van der Waals surface area contributed by atoms with Crippen molar-refractivity contribution in [1.29, 1.82) is 0 Å². The summed E-state index contributed by atoms with van der Waals surface area (Å²) in [5, 5.41) is 3.21. The second-order valence-corrected chi connectivity index (χ2v) is 3.97. The molecule has 0 bridgehead atoms. The highest BCUT2D eigenvalue weighted by Gasteiger charge is 2.03. The van der Waals surface area contributed by atoms with Crippen molar-refractivity contribution in [3.05, 3.63) is 0 Å². The average Bonchev–Trinajstić information content (AvgIpc) is 2.14. The van der Waals surface area contributed by atoms with E-state index in [2.05, 4.69) is 12.2 Å². The Kier molecular flexibility index (Phi) is 8.18. The highest BCUT2D eigenvalue weighted by Crippen LogP contribution is 2.01. The van der Waals surface area contributed by atoms with Gasteiger partial charge in [0.1, 0.15) is 6.61 Å². The van der Waals surface area contributed by atoms with Gasteiger partial charge < -0.3 is 15.8 Å². The quantitative estimate of drug-likeness (QED) is 0.568. The third-order valence-corrected chi connectivity index (χ3v) is 2.46. The second-order valence-electron chi connectivity index (χ2n) is 2.69. The Labute approximate surface area is 83.6 Å². The summed E-state index contributed by atoms with van der Waals surface area (Å²) in [5.41, 5.74) is 5.20. The van der Waals surface area contributed by atoms with E-state index >= 15 is 0 Å². The number of carbonyl (C=O) groups is 1. The molecule has 0 radical (unpaired) electrons. The molecule has 0 saturated carbocycles. The molecular formula is C8H18N2O2S. The first-order chi connectivity index (χ1) is 6.20. The maximum absolute atomic E-state index is 11.1. The van der Waals surface area contributed by atoms with Crippen LogP contribution in [0.2, 0.25) is 0 Å². The van der Waals surface area contributed by atoms with Crippen LogP contribution < -0.4 is 11.1 Å². The van der Waals surface area contributed by atoms with E-state index in [4.69, 9.17) is 10.5 Å². The zero-order valence-electron chi connectivity index (χ0n) is 8.21. The fourth-order valence-corrected chi connectivity index (χ4v) is 0.890. The van der Waals surface area contributed by atoms with Crippen LogP contribution in [0.3, 0.4) is 0 Å². The highest BCUT2D eigenvalue weighted by atomic mass is 32.2. The van der Waals surface area contributed by atoms with E-state index in [1.165, 1.54) is 0 Å². The number of hydrogen-bond acceptors (Lipinski definition) is 4. The molecule has 0 fully saturated rings. The minimum absolute atomic E-state index is 0.0747. The molecule has 0 heterocycles. The largest absolute Gasteiger partial charge is 0.370 e. The van der Waals surface area contributed by atoms with Crippen molar-refractivity contribution in [2.75, 3.05) is 32.6 Å². The zero-order chi connectivity index (χ0) is 10.1. The Hall–Kier alpha value is -0.260. The van der Waals surface area contributed by atoms with Crippen molar-refractivity contribution in [3.8, 4) is 0 Å². The second kappa shape index (κ2) is 8.34.